The van der Waals surface area contributed by atoms with E-state index in [1.807, 2.05) is 30.0 Å². The third-order valence-corrected chi connectivity index (χ3v) is 3.97. The van der Waals surface area contributed by atoms with E-state index in [4.69, 9.17) is 0 Å². The number of amides is 1. The second-order valence-electron chi connectivity index (χ2n) is 4.40. The molecule has 1 aliphatic carbocycles. The molecule has 0 saturated heterocycles. The van der Waals surface area contributed by atoms with E-state index < -0.39 is 0 Å². The van der Waals surface area contributed by atoms with E-state index in [-0.39, 0.29) is 5.91 Å². The Morgan fingerprint density at radius 1 is 1.47 bits per heavy atom. The Bertz CT molecular complexity index is 429. The molecule has 0 N–H and O–H groups in total. The van der Waals surface area contributed by atoms with Gasteiger partial charge < -0.3 is 4.90 Å². The van der Waals surface area contributed by atoms with E-state index in [0.717, 1.165) is 40.3 Å². The number of carbonyl (C=O) groups excluding carboxylic acids is 1. The molecule has 0 aliphatic heterocycles. The number of hydrogen-bond donors (Lipinski definition) is 0. The van der Waals surface area contributed by atoms with Crippen LogP contribution in [-0.4, -0.2) is 28.7 Å². The van der Waals surface area contributed by atoms with Gasteiger partial charge in [-0.2, -0.15) is 0 Å². The predicted molar refractivity (Wildman–Crippen MR) is 76.7 cm³/mol. The van der Waals surface area contributed by atoms with Gasteiger partial charge in [0.05, 0.1) is 5.56 Å². The summed E-state index contributed by atoms with van der Waals surface area (Å²) in [5.74, 6) is 0.141. The summed E-state index contributed by atoms with van der Waals surface area (Å²) in [6.07, 6.45) is 2.28. The molecule has 0 spiro atoms. The van der Waals surface area contributed by atoms with Gasteiger partial charge in [0, 0.05) is 22.4 Å². The molecule has 1 amide bonds. The second kappa shape index (κ2) is 5.53. The number of alkyl halides is 1. The molecule has 2 nitrogen and oxygen atoms in total. The van der Waals surface area contributed by atoms with E-state index in [2.05, 4.69) is 31.9 Å². The summed E-state index contributed by atoms with van der Waals surface area (Å²) in [5.41, 5.74) is 1.89. The Balaban J connectivity index is 2.24. The minimum Gasteiger partial charge on any atom is -0.335 e. The molecular formula is C13H15Br2NO. The maximum absolute atomic E-state index is 12.5. The van der Waals surface area contributed by atoms with E-state index in [9.17, 15) is 4.79 Å². The van der Waals surface area contributed by atoms with Crippen molar-refractivity contribution in [3.8, 4) is 0 Å². The van der Waals surface area contributed by atoms with Crippen molar-refractivity contribution in [3.05, 3.63) is 33.8 Å². The van der Waals surface area contributed by atoms with Gasteiger partial charge in [-0.3, -0.25) is 4.79 Å². The molecule has 1 aromatic rings. The fourth-order valence-electron chi connectivity index (χ4n) is 1.88. The van der Waals surface area contributed by atoms with Gasteiger partial charge in [0.25, 0.3) is 5.91 Å². The molecule has 0 atom stereocenters. The second-order valence-corrected chi connectivity index (χ2v) is 6.05. The highest BCUT2D eigenvalue weighted by Gasteiger charge is 2.33. The van der Waals surface area contributed by atoms with E-state index in [1.54, 1.807) is 0 Å². The van der Waals surface area contributed by atoms with Crippen LogP contribution in [0.2, 0.25) is 0 Å². The summed E-state index contributed by atoms with van der Waals surface area (Å²) >= 11 is 6.88. The third-order valence-electron chi connectivity index (χ3n) is 2.93. The van der Waals surface area contributed by atoms with Crippen LogP contribution in [-0.2, 0) is 0 Å². The van der Waals surface area contributed by atoms with E-state index in [0.29, 0.717) is 6.04 Å². The van der Waals surface area contributed by atoms with Gasteiger partial charge in [0.1, 0.15) is 0 Å². The van der Waals surface area contributed by atoms with Gasteiger partial charge in [-0.1, -0.05) is 27.6 Å². The largest absolute Gasteiger partial charge is 0.335 e. The van der Waals surface area contributed by atoms with Crippen LogP contribution >= 0.6 is 31.9 Å². The van der Waals surface area contributed by atoms with Crippen molar-refractivity contribution >= 4 is 37.8 Å². The highest BCUT2D eigenvalue weighted by molar-refractivity contribution is 9.10. The summed E-state index contributed by atoms with van der Waals surface area (Å²) in [5, 5.41) is 0.832. The molecule has 0 heterocycles. The standard InChI is InChI=1S/C13H15Br2NO/c1-9-2-5-12(15)11(8-9)13(17)16(7-6-14)10-3-4-10/h2,5,8,10H,3-4,6-7H2,1H3. The lowest BCUT2D eigenvalue weighted by Gasteiger charge is -2.22. The van der Waals surface area contributed by atoms with Gasteiger partial charge in [-0.25, -0.2) is 0 Å². The fourth-order valence-corrected chi connectivity index (χ4v) is 2.68. The molecule has 0 aromatic heterocycles. The zero-order valence-corrected chi connectivity index (χ0v) is 12.9. The van der Waals surface area contributed by atoms with Crippen LogP contribution in [0, 0.1) is 6.92 Å². The zero-order chi connectivity index (χ0) is 12.4. The average Bonchev–Trinajstić information content (AvgIpc) is 3.12. The Morgan fingerprint density at radius 3 is 2.76 bits per heavy atom. The maximum atomic E-state index is 12.5. The highest BCUT2D eigenvalue weighted by Crippen LogP contribution is 2.30. The Hall–Kier alpha value is -0.350. The average molecular weight is 361 g/mol. The van der Waals surface area contributed by atoms with Crippen LogP contribution in [0.1, 0.15) is 28.8 Å². The van der Waals surface area contributed by atoms with Crippen molar-refractivity contribution < 1.29 is 4.79 Å². The van der Waals surface area contributed by atoms with Gasteiger partial charge in [-0.15, -0.1) is 0 Å². The predicted octanol–water partition coefficient (Wildman–Crippen LogP) is 3.76. The molecule has 1 aromatic carbocycles. The maximum Gasteiger partial charge on any atom is 0.255 e. The SMILES string of the molecule is Cc1ccc(Br)c(C(=O)N(CCBr)C2CC2)c1. The molecule has 0 unspecified atom stereocenters. The lowest BCUT2D eigenvalue weighted by Crippen LogP contribution is -2.34. The molecule has 2 rings (SSSR count). The molecular weight excluding hydrogens is 346 g/mol. The first-order valence-electron chi connectivity index (χ1n) is 5.76. The van der Waals surface area contributed by atoms with Crippen LogP contribution in [0.25, 0.3) is 0 Å². The summed E-state index contributed by atoms with van der Waals surface area (Å²) in [6.45, 7) is 2.79. The fraction of sp³-hybridized carbons (Fsp3) is 0.462. The molecule has 0 radical (unpaired) electrons. The van der Waals surface area contributed by atoms with Crippen LogP contribution in [0.5, 0.6) is 0 Å². The lowest BCUT2D eigenvalue weighted by atomic mass is 10.1. The summed E-state index contributed by atoms with van der Waals surface area (Å²) < 4.78 is 0.883. The summed E-state index contributed by atoms with van der Waals surface area (Å²) in [6, 6.07) is 6.36. The number of carbonyl (C=O) groups is 1. The monoisotopic (exact) mass is 359 g/mol. The van der Waals surface area contributed by atoms with E-state index in [1.165, 1.54) is 0 Å². The van der Waals surface area contributed by atoms with Crippen LogP contribution < -0.4 is 0 Å². The minimum absolute atomic E-state index is 0.141. The first-order chi connectivity index (χ1) is 8.13. The number of hydrogen-bond acceptors (Lipinski definition) is 1. The van der Waals surface area contributed by atoms with Gasteiger partial charge in [-0.05, 0) is 47.8 Å². The quantitative estimate of drug-likeness (QED) is 0.748. The van der Waals surface area contributed by atoms with Crippen molar-refractivity contribution in [3.63, 3.8) is 0 Å². The topological polar surface area (TPSA) is 20.3 Å². The number of nitrogens with zero attached hydrogens (tertiary/aromatic N) is 1. The van der Waals surface area contributed by atoms with Crippen molar-refractivity contribution in [2.24, 2.45) is 0 Å². The first-order valence-corrected chi connectivity index (χ1v) is 7.68. The molecule has 4 heteroatoms. The lowest BCUT2D eigenvalue weighted by molar-refractivity contribution is 0.0753. The van der Waals surface area contributed by atoms with Crippen molar-refractivity contribution in [2.75, 3.05) is 11.9 Å². The normalized spacial score (nSPS) is 14.8. The highest BCUT2D eigenvalue weighted by atomic mass is 79.9. The van der Waals surface area contributed by atoms with Crippen LogP contribution in [0.15, 0.2) is 22.7 Å². The van der Waals surface area contributed by atoms with Crippen molar-refractivity contribution in [2.45, 2.75) is 25.8 Å². The van der Waals surface area contributed by atoms with Crippen LogP contribution in [0.4, 0.5) is 0 Å². The molecule has 1 aliphatic rings. The molecule has 1 fully saturated rings. The zero-order valence-electron chi connectivity index (χ0n) is 9.75. The van der Waals surface area contributed by atoms with Gasteiger partial charge in [0.15, 0.2) is 0 Å². The first kappa shape index (κ1) is 13.1. The molecule has 92 valence electrons. The summed E-state index contributed by atoms with van der Waals surface area (Å²) in [4.78, 5) is 14.4. The smallest absolute Gasteiger partial charge is 0.255 e. The van der Waals surface area contributed by atoms with E-state index >= 15 is 0 Å². The molecule has 17 heavy (non-hydrogen) atoms. The Labute approximate surface area is 119 Å². The number of halogens is 2. The Morgan fingerprint density at radius 2 is 2.18 bits per heavy atom. The number of rotatable bonds is 4. The number of aryl methyl sites for hydroxylation is 1. The van der Waals surface area contributed by atoms with Gasteiger partial charge >= 0.3 is 0 Å². The summed E-state index contributed by atoms with van der Waals surface area (Å²) in [7, 11) is 0. The number of benzene rings is 1. The third kappa shape index (κ3) is 3.10. The molecule has 0 bridgehead atoms. The molecule has 1 saturated carbocycles. The van der Waals surface area contributed by atoms with Crippen molar-refractivity contribution in [1.29, 1.82) is 0 Å². The van der Waals surface area contributed by atoms with Crippen molar-refractivity contribution in [1.82, 2.24) is 4.90 Å². The minimum atomic E-state index is 0.141. The Kier molecular flexibility index (Phi) is 4.26. The van der Waals surface area contributed by atoms with Crippen LogP contribution in [0.3, 0.4) is 0 Å². The van der Waals surface area contributed by atoms with Gasteiger partial charge in [0.2, 0.25) is 0 Å².